The van der Waals surface area contributed by atoms with Gasteiger partial charge >= 0.3 is 5.97 Å². The molecule has 5 nitrogen and oxygen atoms in total. The van der Waals surface area contributed by atoms with E-state index in [9.17, 15) is 9.59 Å². The molecule has 0 aliphatic rings. The number of benzene rings is 2. The molecule has 25 heavy (non-hydrogen) atoms. The van der Waals surface area contributed by atoms with Crippen molar-refractivity contribution in [3.8, 4) is 5.75 Å². The summed E-state index contributed by atoms with van der Waals surface area (Å²) in [5.74, 6) is 0.399. The molecule has 1 amide bonds. The summed E-state index contributed by atoms with van der Waals surface area (Å²) in [6, 6.07) is 17.1. The van der Waals surface area contributed by atoms with E-state index < -0.39 is 0 Å². The van der Waals surface area contributed by atoms with Crippen LogP contribution in [0.5, 0.6) is 5.75 Å². The van der Waals surface area contributed by atoms with Crippen molar-refractivity contribution in [1.82, 2.24) is 4.90 Å². The molecule has 0 saturated carbocycles. The highest BCUT2D eigenvalue weighted by Gasteiger charge is 2.16. The lowest BCUT2D eigenvalue weighted by molar-refractivity contribution is -0.141. The van der Waals surface area contributed by atoms with Crippen LogP contribution in [0, 0.1) is 0 Å². The van der Waals surface area contributed by atoms with E-state index in [0.29, 0.717) is 13.1 Å². The van der Waals surface area contributed by atoms with Crippen LogP contribution in [-0.4, -0.2) is 37.5 Å². The predicted octanol–water partition coefficient (Wildman–Crippen LogP) is 2.83. The molecule has 0 unspecified atom stereocenters. The van der Waals surface area contributed by atoms with E-state index in [1.807, 2.05) is 54.6 Å². The van der Waals surface area contributed by atoms with Gasteiger partial charge in [0.2, 0.25) is 5.91 Å². The average Bonchev–Trinajstić information content (AvgIpc) is 2.66. The van der Waals surface area contributed by atoms with Crippen LogP contribution in [-0.2, 0) is 27.3 Å². The van der Waals surface area contributed by atoms with Crippen LogP contribution in [0.25, 0.3) is 0 Å². The Balaban J connectivity index is 2.05. The highest BCUT2D eigenvalue weighted by Crippen LogP contribution is 2.14. The van der Waals surface area contributed by atoms with Gasteiger partial charge in [0, 0.05) is 13.1 Å². The normalized spacial score (nSPS) is 10.2. The minimum absolute atomic E-state index is 0.0297. The van der Waals surface area contributed by atoms with Crippen molar-refractivity contribution in [2.75, 3.05) is 20.8 Å². The molecule has 2 aromatic rings. The van der Waals surface area contributed by atoms with E-state index in [1.165, 1.54) is 7.11 Å². The number of hydrogen-bond acceptors (Lipinski definition) is 4. The lowest BCUT2D eigenvalue weighted by Crippen LogP contribution is -2.34. The van der Waals surface area contributed by atoms with Gasteiger partial charge in [-0.05, 0) is 23.3 Å². The zero-order valence-corrected chi connectivity index (χ0v) is 14.6. The zero-order valence-electron chi connectivity index (χ0n) is 14.6. The number of carbonyl (C=O) groups excluding carboxylic acids is 2. The second-order valence-corrected chi connectivity index (χ2v) is 5.65. The molecule has 0 atom stereocenters. The van der Waals surface area contributed by atoms with Crippen LogP contribution in [0.3, 0.4) is 0 Å². The van der Waals surface area contributed by atoms with Crippen molar-refractivity contribution in [3.05, 3.63) is 65.7 Å². The van der Waals surface area contributed by atoms with Crippen molar-refractivity contribution in [2.24, 2.45) is 0 Å². The Kier molecular flexibility index (Phi) is 7.01. The van der Waals surface area contributed by atoms with Crippen molar-refractivity contribution < 1.29 is 19.1 Å². The van der Waals surface area contributed by atoms with Crippen molar-refractivity contribution >= 4 is 11.9 Å². The molecule has 0 radical (unpaired) electrons. The van der Waals surface area contributed by atoms with Gasteiger partial charge in [-0.2, -0.15) is 0 Å². The highest BCUT2D eigenvalue weighted by molar-refractivity contribution is 5.79. The number of rotatable bonds is 8. The minimum Gasteiger partial charge on any atom is -0.497 e. The Morgan fingerprint density at radius 3 is 2.20 bits per heavy atom. The predicted molar refractivity (Wildman–Crippen MR) is 95.2 cm³/mol. The van der Waals surface area contributed by atoms with Crippen molar-refractivity contribution in [1.29, 1.82) is 0 Å². The molecule has 0 heterocycles. The topological polar surface area (TPSA) is 55.8 Å². The van der Waals surface area contributed by atoms with E-state index in [2.05, 4.69) is 4.74 Å². The van der Waals surface area contributed by atoms with Gasteiger partial charge in [-0.1, -0.05) is 42.5 Å². The molecular weight excluding hydrogens is 318 g/mol. The fourth-order valence-electron chi connectivity index (χ4n) is 2.45. The fraction of sp³-hybridized carbons (Fsp3) is 0.300. The maximum Gasteiger partial charge on any atom is 0.307 e. The average molecular weight is 341 g/mol. The lowest BCUT2D eigenvalue weighted by atomic mass is 10.1. The van der Waals surface area contributed by atoms with Crippen molar-refractivity contribution in [3.63, 3.8) is 0 Å². The fourth-order valence-corrected chi connectivity index (χ4v) is 2.45. The first-order valence-electron chi connectivity index (χ1n) is 8.14. The van der Waals surface area contributed by atoms with E-state index >= 15 is 0 Å². The molecule has 0 bridgehead atoms. The van der Waals surface area contributed by atoms with Gasteiger partial charge in [-0.3, -0.25) is 9.59 Å². The highest BCUT2D eigenvalue weighted by atomic mass is 16.5. The second-order valence-electron chi connectivity index (χ2n) is 5.65. The number of hydrogen-bond donors (Lipinski definition) is 0. The minimum atomic E-state index is -0.324. The van der Waals surface area contributed by atoms with Crippen LogP contribution >= 0.6 is 0 Å². The Hall–Kier alpha value is -2.82. The Labute approximate surface area is 148 Å². The molecular formula is C20H23NO4. The van der Waals surface area contributed by atoms with Crippen LogP contribution in [0.2, 0.25) is 0 Å². The number of amides is 1. The van der Waals surface area contributed by atoms with Crippen LogP contribution in [0.1, 0.15) is 17.5 Å². The first-order valence-corrected chi connectivity index (χ1v) is 8.14. The monoisotopic (exact) mass is 341 g/mol. The SMILES string of the molecule is COC(=O)CCN(Cc1ccccc1)C(=O)Cc1ccc(OC)cc1. The standard InChI is InChI=1S/C20H23NO4/c1-24-18-10-8-16(9-11-18)14-19(22)21(13-12-20(23)25-2)15-17-6-4-3-5-7-17/h3-11H,12-15H2,1-2H3. The summed E-state index contributed by atoms with van der Waals surface area (Å²) in [5, 5.41) is 0. The Morgan fingerprint density at radius 2 is 1.60 bits per heavy atom. The first-order chi connectivity index (χ1) is 12.1. The van der Waals surface area contributed by atoms with E-state index in [4.69, 9.17) is 4.74 Å². The molecule has 5 heteroatoms. The molecule has 0 saturated heterocycles. The maximum absolute atomic E-state index is 12.7. The Bertz CT molecular complexity index is 683. The van der Waals surface area contributed by atoms with Crippen LogP contribution < -0.4 is 4.74 Å². The number of esters is 1. The van der Waals surface area contributed by atoms with E-state index in [0.717, 1.165) is 16.9 Å². The molecule has 132 valence electrons. The molecule has 0 N–H and O–H groups in total. The second kappa shape index (κ2) is 9.47. The first kappa shape index (κ1) is 18.5. The molecule has 0 aliphatic heterocycles. The summed E-state index contributed by atoms with van der Waals surface area (Å²) in [7, 11) is 2.96. The number of ether oxygens (including phenoxy) is 2. The van der Waals surface area contributed by atoms with E-state index in [-0.39, 0.29) is 24.7 Å². The number of nitrogens with zero attached hydrogens (tertiary/aromatic N) is 1. The van der Waals surface area contributed by atoms with Crippen molar-refractivity contribution in [2.45, 2.75) is 19.4 Å². The van der Waals surface area contributed by atoms with Crippen LogP contribution in [0.15, 0.2) is 54.6 Å². The summed E-state index contributed by atoms with van der Waals surface area (Å²) in [6.07, 6.45) is 0.454. The lowest BCUT2D eigenvalue weighted by Gasteiger charge is -2.22. The smallest absolute Gasteiger partial charge is 0.307 e. The Morgan fingerprint density at radius 1 is 0.920 bits per heavy atom. The summed E-state index contributed by atoms with van der Waals surface area (Å²) < 4.78 is 9.81. The maximum atomic E-state index is 12.7. The van der Waals surface area contributed by atoms with Gasteiger partial charge in [-0.25, -0.2) is 0 Å². The van der Waals surface area contributed by atoms with Gasteiger partial charge < -0.3 is 14.4 Å². The molecule has 0 aromatic heterocycles. The largest absolute Gasteiger partial charge is 0.497 e. The zero-order chi connectivity index (χ0) is 18.1. The van der Waals surface area contributed by atoms with Gasteiger partial charge in [0.25, 0.3) is 0 Å². The third-order valence-electron chi connectivity index (χ3n) is 3.90. The third-order valence-corrected chi connectivity index (χ3v) is 3.90. The third kappa shape index (κ3) is 5.95. The van der Waals surface area contributed by atoms with E-state index in [1.54, 1.807) is 12.0 Å². The summed E-state index contributed by atoms with van der Waals surface area (Å²) >= 11 is 0. The molecule has 0 aliphatic carbocycles. The molecule has 2 rings (SSSR count). The summed E-state index contributed by atoms with van der Waals surface area (Å²) in [5.41, 5.74) is 1.93. The summed E-state index contributed by atoms with van der Waals surface area (Å²) in [6.45, 7) is 0.795. The molecule has 0 fully saturated rings. The van der Waals surface area contributed by atoms with Crippen LogP contribution in [0.4, 0.5) is 0 Å². The van der Waals surface area contributed by atoms with Gasteiger partial charge in [0.15, 0.2) is 0 Å². The molecule has 0 spiro atoms. The number of methoxy groups -OCH3 is 2. The van der Waals surface area contributed by atoms with Gasteiger partial charge in [0.1, 0.15) is 5.75 Å². The molecule has 2 aromatic carbocycles. The quantitative estimate of drug-likeness (QED) is 0.693. The number of carbonyl (C=O) groups is 2. The summed E-state index contributed by atoms with van der Waals surface area (Å²) in [4.78, 5) is 25.9. The van der Waals surface area contributed by atoms with Gasteiger partial charge in [0.05, 0.1) is 27.1 Å². The van der Waals surface area contributed by atoms with Gasteiger partial charge in [-0.15, -0.1) is 0 Å².